The van der Waals surface area contributed by atoms with Gasteiger partial charge in [0, 0.05) is 30.3 Å². The lowest BCUT2D eigenvalue weighted by atomic mass is 10.0. The van der Waals surface area contributed by atoms with Crippen molar-refractivity contribution in [2.24, 2.45) is 0 Å². The minimum Gasteiger partial charge on any atom is -0.481 e. The predicted molar refractivity (Wildman–Crippen MR) is 58.6 cm³/mol. The highest BCUT2D eigenvalue weighted by Crippen LogP contribution is 2.24. The Morgan fingerprint density at radius 1 is 1.38 bits per heavy atom. The molecule has 0 aromatic carbocycles. The van der Waals surface area contributed by atoms with Gasteiger partial charge in [0.25, 0.3) is 0 Å². The van der Waals surface area contributed by atoms with E-state index in [2.05, 4.69) is 4.98 Å². The standard InChI is InChI=1S/C12H15NO3/c14-10-4-2-1-3-9-12(10)8(7-13-9)5-6-11(15)16/h7,13H,1-6H2,(H,15,16). The number of carbonyl (C=O) groups excluding carboxylic acids is 1. The second-order valence-electron chi connectivity index (χ2n) is 4.19. The first-order chi connectivity index (χ1) is 7.68. The maximum atomic E-state index is 11.9. The second kappa shape index (κ2) is 4.51. The molecule has 1 aliphatic rings. The van der Waals surface area contributed by atoms with Crippen molar-refractivity contribution in [3.8, 4) is 0 Å². The second-order valence-corrected chi connectivity index (χ2v) is 4.19. The Morgan fingerprint density at radius 2 is 2.12 bits per heavy atom. The first-order valence-electron chi connectivity index (χ1n) is 5.62. The fraction of sp³-hybridized carbons (Fsp3) is 0.500. The fourth-order valence-electron chi connectivity index (χ4n) is 2.21. The Hall–Kier alpha value is -1.58. The van der Waals surface area contributed by atoms with Gasteiger partial charge in [-0.15, -0.1) is 0 Å². The molecule has 0 saturated carbocycles. The van der Waals surface area contributed by atoms with Crippen LogP contribution in [0.25, 0.3) is 0 Å². The van der Waals surface area contributed by atoms with Crippen LogP contribution in [0, 0.1) is 0 Å². The first kappa shape index (κ1) is 10.9. The molecule has 1 aromatic rings. The number of nitrogens with one attached hydrogen (secondary N) is 1. The normalized spacial score (nSPS) is 15.6. The van der Waals surface area contributed by atoms with Crippen LogP contribution in [-0.4, -0.2) is 21.8 Å². The average Bonchev–Trinajstić information content (AvgIpc) is 2.55. The number of carboxylic acids is 1. The third kappa shape index (κ3) is 2.15. The van der Waals surface area contributed by atoms with Crippen LogP contribution in [0.4, 0.5) is 0 Å². The summed E-state index contributed by atoms with van der Waals surface area (Å²) in [6.07, 6.45) is 5.75. The summed E-state index contributed by atoms with van der Waals surface area (Å²) in [6.45, 7) is 0. The molecule has 1 heterocycles. The Labute approximate surface area is 93.7 Å². The van der Waals surface area contributed by atoms with Gasteiger partial charge in [0.15, 0.2) is 5.78 Å². The lowest BCUT2D eigenvalue weighted by Gasteiger charge is -2.01. The van der Waals surface area contributed by atoms with Gasteiger partial charge in [-0.05, 0) is 31.2 Å². The van der Waals surface area contributed by atoms with Crippen LogP contribution in [0.15, 0.2) is 6.20 Å². The van der Waals surface area contributed by atoms with Crippen molar-refractivity contribution in [1.29, 1.82) is 0 Å². The molecule has 0 aliphatic heterocycles. The fourth-order valence-corrected chi connectivity index (χ4v) is 2.21. The number of carbonyl (C=O) groups is 2. The third-order valence-electron chi connectivity index (χ3n) is 3.01. The minimum absolute atomic E-state index is 0.0809. The molecule has 0 unspecified atom stereocenters. The number of ketones is 1. The Balaban J connectivity index is 2.23. The van der Waals surface area contributed by atoms with E-state index in [1.807, 2.05) is 0 Å². The van der Waals surface area contributed by atoms with E-state index in [0.29, 0.717) is 12.8 Å². The van der Waals surface area contributed by atoms with Crippen molar-refractivity contribution in [2.75, 3.05) is 0 Å². The maximum absolute atomic E-state index is 11.9. The summed E-state index contributed by atoms with van der Waals surface area (Å²) >= 11 is 0. The van der Waals surface area contributed by atoms with Crippen molar-refractivity contribution >= 4 is 11.8 Å². The molecule has 4 nitrogen and oxygen atoms in total. The topological polar surface area (TPSA) is 70.2 Å². The first-order valence-corrected chi connectivity index (χ1v) is 5.62. The van der Waals surface area contributed by atoms with E-state index >= 15 is 0 Å². The summed E-state index contributed by atoms with van der Waals surface area (Å²) in [7, 11) is 0. The highest BCUT2D eigenvalue weighted by molar-refractivity contribution is 5.99. The van der Waals surface area contributed by atoms with Crippen molar-refractivity contribution in [3.05, 3.63) is 23.0 Å². The Bertz CT molecular complexity index is 420. The zero-order chi connectivity index (χ0) is 11.5. The molecule has 2 N–H and O–H groups in total. The number of fused-ring (bicyclic) bond motifs is 1. The number of rotatable bonds is 3. The van der Waals surface area contributed by atoms with Crippen molar-refractivity contribution in [2.45, 2.75) is 38.5 Å². The lowest BCUT2D eigenvalue weighted by Crippen LogP contribution is -2.04. The van der Waals surface area contributed by atoms with E-state index < -0.39 is 5.97 Å². The minimum atomic E-state index is -0.823. The highest BCUT2D eigenvalue weighted by atomic mass is 16.4. The number of H-pyrrole nitrogens is 1. The number of aromatic amines is 1. The van der Waals surface area contributed by atoms with Crippen LogP contribution in [0.3, 0.4) is 0 Å². The van der Waals surface area contributed by atoms with Gasteiger partial charge < -0.3 is 10.1 Å². The van der Waals surface area contributed by atoms with E-state index in [1.54, 1.807) is 6.20 Å². The van der Waals surface area contributed by atoms with Gasteiger partial charge in [-0.1, -0.05) is 0 Å². The molecular weight excluding hydrogens is 206 g/mol. The van der Waals surface area contributed by atoms with Crippen molar-refractivity contribution in [1.82, 2.24) is 4.98 Å². The molecular formula is C12H15NO3. The molecule has 2 rings (SSSR count). The number of hydrogen-bond donors (Lipinski definition) is 2. The van der Waals surface area contributed by atoms with E-state index in [-0.39, 0.29) is 12.2 Å². The molecule has 4 heteroatoms. The lowest BCUT2D eigenvalue weighted by molar-refractivity contribution is -0.136. The number of aryl methyl sites for hydroxylation is 2. The Kier molecular flexibility index (Phi) is 3.08. The van der Waals surface area contributed by atoms with Gasteiger partial charge in [-0.3, -0.25) is 9.59 Å². The Morgan fingerprint density at radius 3 is 2.88 bits per heavy atom. The molecule has 16 heavy (non-hydrogen) atoms. The van der Waals surface area contributed by atoms with Gasteiger partial charge in [0.05, 0.1) is 0 Å². The van der Waals surface area contributed by atoms with Gasteiger partial charge in [0.2, 0.25) is 0 Å². The molecule has 0 fully saturated rings. The summed E-state index contributed by atoms with van der Waals surface area (Å²) in [6, 6.07) is 0. The van der Waals surface area contributed by atoms with E-state index in [9.17, 15) is 9.59 Å². The van der Waals surface area contributed by atoms with E-state index in [4.69, 9.17) is 5.11 Å². The van der Waals surface area contributed by atoms with Crippen LogP contribution in [0.1, 0.15) is 47.3 Å². The van der Waals surface area contributed by atoms with Crippen molar-refractivity contribution < 1.29 is 14.7 Å². The van der Waals surface area contributed by atoms with E-state index in [1.165, 1.54) is 0 Å². The molecule has 0 spiro atoms. The van der Waals surface area contributed by atoms with Gasteiger partial charge in [-0.2, -0.15) is 0 Å². The quantitative estimate of drug-likeness (QED) is 0.766. The van der Waals surface area contributed by atoms with E-state index in [0.717, 1.165) is 36.1 Å². The van der Waals surface area contributed by atoms with Crippen LogP contribution in [0.2, 0.25) is 0 Å². The number of carboxylic acid groups (broad SMARTS) is 1. The smallest absolute Gasteiger partial charge is 0.303 e. The number of aromatic nitrogens is 1. The summed E-state index contributed by atoms with van der Waals surface area (Å²) in [4.78, 5) is 25.5. The van der Waals surface area contributed by atoms with Crippen LogP contribution < -0.4 is 0 Å². The van der Waals surface area contributed by atoms with Crippen LogP contribution in [-0.2, 0) is 17.6 Å². The molecule has 1 aliphatic carbocycles. The van der Waals surface area contributed by atoms with Gasteiger partial charge >= 0.3 is 5.97 Å². The van der Waals surface area contributed by atoms with Crippen molar-refractivity contribution in [3.63, 3.8) is 0 Å². The number of aliphatic carboxylic acids is 1. The van der Waals surface area contributed by atoms with Crippen LogP contribution in [0.5, 0.6) is 0 Å². The number of hydrogen-bond acceptors (Lipinski definition) is 2. The molecule has 86 valence electrons. The van der Waals surface area contributed by atoms with Crippen LogP contribution >= 0.6 is 0 Å². The van der Waals surface area contributed by atoms with Gasteiger partial charge in [0.1, 0.15) is 0 Å². The monoisotopic (exact) mass is 221 g/mol. The molecule has 0 atom stereocenters. The molecule has 0 bridgehead atoms. The molecule has 0 radical (unpaired) electrons. The predicted octanol–water partition coefficient (Wildman–Crippen LogP) is 1.94. The summed E-state index contributed by atoms with van der Waals surface area (Å²) in [5, 5.41) is 8.64. The third-order valence-corrected chi connectivity index (χ3v) is 3.01. The maximum Gasteiger partial charge on any atom is 0.303 e. The largest absolute Gasteiger partial charge is 0.481 e. The molecule has 0 saturated heterocycles. The average molecular weight is 221 g/mol. The highest BCUT2D eigenvalue weighted by Gasteiger charge is 2.20. The zero-order valence-corrected chi connectivity index (χ0v) is 9.08. The zero-order valence-electron chi connectivity index (χ0n) is 9.08. The summed E-state index contributed by atoms with van der Waals surface area (Å²) in [5.41, 5.74) is 2.62. The number of Topliss-reactive ketones (excluding diaryl/α,β-unsaturated/α-hetero) is 1. The summed E-state index contributed by atoms with van der Waals surface area (Å²) < 4.78 is 0. The SMILES string of the molecule is O=C(O)CCc1c[nH]c2c1C(=O)CCCC2. The molecule has 1 aromatic heterocycles. The summed E-state index contributed by atoms with van der Waals surface area (Å²) in [5.74, 6) is -0.662. The molecule has 0 amide bonds. The van der Waals surface area contributed by atoms with Gasteiger partial charge in [-0.25, -0.2) is 0 Å².